The van der Waals surface area contributed by atoms with Crippen LogP contribution in [0.5, 0.6) is 0 Å². The van der Waals surface area contributed by atoms with Crippen molar-refractivity contribution in [1.82, 2.24) is 19.7 Å². The zero-order valence-electron chi connectivity index (χ0n) is 21.8. The first-order valence-corrected chi connectivity index (χ1v) is 13.4. The molecule has 38 heavy (non-hydrogen) atoms. The number of carbonyl (C=O) groups excluding carboxylic acids is 1. The van der Waals surface area contributed by atoms with Gasteiger partial charge < -0.3 is 14.7 Å². The van der Waals surface area contributed by atoms with Gasteiger partial charge in [-0.2, -0.15) is 0 Å². The first-order chi connectivity index (χ1) is 18.1. The van der Waals surface area contributed by atoms with Crippen molar-refractivity contribution in [3.63, 3.8) is 0 Å². The Morgan fingerprint density at radius 1 is 1.03 bits per heavy atom. The van der Waals surface area contributed by atoms with Crippen LogP contribution >= 0.6 is 23.2 Å². The monoisotopic (exact) mass is 554 g/mol. The molecule has 0 radical (unpaired) electrons. The van der Waals surface area contributed by atoms with E-state index in [-0.39, 0.29) is 12.5 Å². The van der Waals surface area contributed by atoms with Crippen molar-refractivity contribution in [2.24, 2.45) is 0 Å². The Balaban J connectivity index is 1.56. The molecule has 3 heterocycles. The zero-order chi connectivity index (χ0) is 27.1. The van der Waals surface area contributed by atoms with Crippen LogP contribution in [-0.4, -0.2) is 77.6 Å². The number of likely N-dealkylation sites (N-methyl/N-ethyl adjacent to an activating group) is 1. The van der Waals surface area contributed by atoms with E-state index in [9.17, 15) is 9.90 Å². The molecule has 2 aliphatic rings. The number of nitrogens with zero attached hydrogens (tertiary/aromatic N) is 4. The number of aromatic nitrogens is 1. The standard InChI is InChI=1S/C29H32Cl2N4O3/c1-28(37,19-34-14-12-33(2)13-15-34)21-6-11-26-25(16-21)27(36)35(18-24-10-9-23(31)17-32-24)29(26,38-3)20-4-7-22(30)8-5-20/h4-11,16-17,37H,12-15,18-19H2,1-3H3/t28?,29-/m1/s1. The molecule has 0 saturated carbocycles. The van der Waals surface area contributed by atoms with E-state index in [4.69, 9.17) is 27.9 Å². The first kappa shape index (κ1) is 27.1. The zero-order valence-corrected chi connectivity index (χ0v) is 23.3. The summed E-state index contributed by atoms with van der Waals surface area (Å²) in [6.45, 7) is 6.20. The number of aliphatic hydroxyl groups is 1. The van der Waals surface area contributed by atoms with E-state index in [1.165, 1.54) is 0 Å². The minimum Gasteiger partial charge on any atom is -0.384 e. The fourth-order valence-electron chi connectivity index (χ4n) is 5.49. The number of benzene rings is 2. The van der Waals surface area contributed by atoms with Crippen LogP contribution in [0.4, 0.5) is 0 Å². The topological polar surface area (TPSA) is 69.1 Å². The molecule has 0 aliphatic carbocycles. The number of rotatable bonds is 7. The van der Waals surface area contributed by atoms with E-state index in [1.807, 2.05) is 37.3 Å². The Labute approximate surface area is 233 Å². The molecule has 1 fully saturated rings. The van der Waals surface area contributed by atoms with Gasteiger partial charge in [-0.1, -0.05) is 47.5 Å². The van der Waals surface area contributed by atoms with Crippen molar-refractivity contribution < 1.29 is 14.6 Å². The number of hydrogen-bond donors (Lipinski definition) is 1. The van der Waals surface area contributed by atoms with Crippen LogP contribution < -0.4 is 0 Å². The minimum absolute atomic E-state index is 0.203. The average Bonchev–Trinajstić information content (AvgIpc) is 3.14. The van der Waals surface area contributed by atoms with Gasteiger partial charge >= 0.3 is 0 Å². The number of β-amino-alcohol motifs (C(OH)–C–C–N with tert-alkyl or cyclic N) is 1. The Bertz CT molecular complexity index is 1310. The summed E-state index contributed by atoms with van der Waals surface area (Å²) in [5, 5.41) is 12.6. The third-order valence-corrected chi connectivity index (χ3v) is 8.10. The van der Waals surface area contributed by atoms with Gasteiger partial charge in [0, 0.05) is 67.7 Å². The highest BCUT2D eigenvalue weighted by molar-refractivity contribution is 6.30. The van der Waals surface area contributed by atoms with Crippen molar-refractivity contribution >= 4 is 29.1 Å². The number of amides is 1. The molecule has 1 unspecified atom stereocenters. The summed E-state index contributed by atoms with van der Waals surface area (Å²) in [5.74, 6) is -0.203. The van der Waals surface area contributed by atoms with Crippen LogP contribution in [-0.2, 0) is 22.6 Å². The fraction of sp³-hybridized carbons (Fsp3) is 0.379. The maximum atomic E-state index is 14.1. The number of pyridine rings is 1. The minimum atomic E-state index is -1.19. The predicted octanol–water partition coefficient (Wildman–Crippen LogP) is 4.35. The fourth-order valence-corrected chi connectivity index (χ4v) is 5.73. The van der Waals surface area contributed by atoms with Crippen LogP contribution in [0.2, 0.25) is 10.0 Å². The smallest absolute Gasteiger partial charge is 0.257 e. The molecule has 0 spiro atoms. The van der Waals surface area contributed by atoms with E-state index in [1.54, 1.807) is 42.5 Å². The van der Waals surface area contributed by atoms with Crippen molar-refractivity contribution in [3.05, 3.63) is 98.8 Å². The lowest BCUT2D eigenvalue weighted by Crippen LogP contribution is -2.49. The molecule has 2 aromatic carbocycles. The van der Waals surface area contributed by atoms with Crippen LogP contribution in [0.1, 0.15) is 39.7 Å². The normalized spacial score (nSPS) is 21.9. The Hall–Kier alpha value is -2.52. The summed E-state index contributed by atoms with van der Waals surface area (Å²) in [6, 6.07) is 16.5. The molecule has 0 bridgehead atoms. The summed E-state index contributed by atoms with van der Waals surface area (Å²) in [7, 11) is 3.70. The molecule has 5 rings (SSSR count). The van der Waals surface area contributed by atoms with Gasteiger partial charge in [-0.15, -0.1) is 0 Å². The Kier molecular flexibility index (Phi) is 7.52. The second-order valence-electron chi connectivity index (χ2n) is 10.3. The lowest BCUT2D eigenvalue weighted by atomic mass is 9.88. The number of methoxy groups -OCH3 is 1. The number of halogens is 2. The van der Waals surface area contributed by atoms with Gasteiger partial charge in [0.1, 0.15) is 0 Å². The third kappa shape index (κ3) is 4.95. The van der Waals surface area contributed by atoms with Gasteiger partial charge in [0.2, 0.25) is 0 Å². The Morgan fingerprint density at radius 2 is 1.71 bits per heavy atom. The van der Waals surface area contributed by atoms with Crippen molar-refractivity contribution in [2.45, 2.75) is 24.8 Å². The molecule has 7 nitrogen and oxygen atoms in total. The molecular formula is C29H32Cl2N4O3. The largest absolute Gasteiger partial charge is 0.384 e. The highest BCUT2D eigenvalue weighted by Crippen LogP contribution is 2.46. The summed E-state index contributed by atoms with van der Waals surface area (Å²) < 4.78 is 6.22. The SMILES string of the molecule is CO[C@]1(c2ccc(Cl)cc2)c2ccc(C(C)(O)CN3CCN(C)CC3)cc2C(=O)N1Cc1ccc(Cl)cn1. The van der Waals surface area contributed by atoms with E-state index in [0.717, 1.165) is 31.7 Å². The van der Waals surface area contributed by atoms with Gasteiger partial charge in [-0.05, 0) is 49.9 Å². The summed E-state index contributed by atoms with van der Waals surface area (Å²) >= 11 is 12.2. The highest BCUT2D eigenvalue weighted by atomic mass is 35.5. The van der Waals surface area contributed by atoms with E-state index >= 15 is 0 Å². The quantitative estimate of drug-likeness (QED) is 0.468. The predicted molar refractivity (Wildman–Crippen MR) is 148 cm³/mol. The van der Waals surface area contributed by atoms with Crippen molar-refractivity contribution in [2.75, 3.05) is 46.9 Å². The van der Waals surface area contributed by atoms with Crippen LogP contribution in [0.25, 0.3) is 0 Å². The summed E-state index contributed by atoms with van der Waals surface area (Å²) in [6.07, 6.45) is 1.56. The van der Waals surface area contributed by atoms with Gasteiger partial charge in [-0.25, -0.2) is 0 Å². The molecular weight excluding hydrogens is 523 g/mol. The van der Waals surface area contributed by atoms with Crippen LogP contribution in [0, 0.1) is 0 Å². The number of ether oxygens (including phenoxy) is 1. The number of carbonyl (C=O) groups is 1. The number of piperazine rings is 1. The van der Waals surface area contributed by atoms with Gasteiger partial charge in [0.25, 0.3) is 5.91 Å². The maximum Gasteiger partial charge on any atom is 0.257 e. The molecule has 1 N–H and O–H groups in total. The lowest BCUT2D eigenvalue weighted by molar-refractivity contribution is -0.0868. The number of hydrogen-bond acceptors (Lipinski definition) is 6. The van der Waals surface area contributed by atoms with Gasteiger partial charge in [-0.3, -0.25) is 19.6 Å². The summed E-state index contributed by atoms with van der Waals surface area (Å²) in [5.41, 5.74) is 1.01. The van der Waals surface area contributed by atoms with Crippen molar-refractivity contribution in [1.29, 1.82) is 0 Å². The van der Waals surface area contributed by atoms with Crippen LogP contribution in [0.3, 0.4) is 0 Å². The molecule has 3 aromatic rings. The lowest BCUT2D eigenvalue weighted by Gasteiger charge is -2.38. The van der Waals surface area contributed by atoms with Gasteiger partial charge in [0.15, 0.2) is 5.72 Å². The highest BCUT2D eigenvalue weighted by Gasteiger charge is 2.52. The van der Waals surface area contributed by atoms with E-state index < -0.39 is 11.3 Å². The third-order valence-electron chi connectivity index (χ3n) is 7.63. The molecule has 1 aromatic heterocycles. The molecule has 9 heteroatoms. The molecule has 2 aliphatic heterocycles. The molecule has 2 atom stereocenters. The maximum absolute atomic E-state index is 14.1. The molecule has 1 saturated heterocycles. The van der Waals surface area contributed by atoms with E-state index in [0.29, 0.717) is 39.0 Å². The molecule has 1 amide bonds. The first-order valence-electron chi connectivity index (χ1n) is 12.7. The van der Waals surface area contributed by atoms with Gasteiger partial charge in [0.05, 0.1) is 22.9 Å². The van der Waals surface area contributed by atoms with E-state index in [2.05, 4.69) is 21.8 Å². The average molecular weight is 556 g/mol. The Morgan fingerprint density at radius 3 is 2.34 bits per heavy atom. The number of fused-ring (bicyclic) bond motifs is 1. The second-order valence-corrected chi connectivity index (χ2v) is 11.2. The van der Waals surface area contributed by atoms with Crippen LogP contribution in [0.15, 0.2) is 60.8 Å². The second kappa shape index (κ2) is 10.6. The molecule has 200 valence electrons. The van der Waals surface area contributed by atoms with Crippen molar-refractivity contribution in [3.8, 4) is 0 Å². The summed E-state index contributed by atoms with van der Waals surface area (Å²) in [4.78, 5) is 24.7.